The van der Waals surface area contributed by atoms with Gasteiger partial charge < -0.3 is 10.9 Å². The molecule has 4 heteroatoms. The molecule has 0 heterocycles. The number of amidine groups is 1. The number of oxime groups is 1. The summed E-state index contributed by atoms with van der Waals surface area (Å²) in [5, 5.41) is 12.2. The van der Waals surface area contributed by atoms with Crippen molar-refractivity contribution >= 4 is 17.6 Å². The summed E-state index contributed by atoms with van der Waals surface area (Å²) in [7, 11) is 0. The van der Waals surface area contributed by atoms with Crippen molar-refractivity contribution in [1.29, 1.82) is 0 Å². The highest BCUT2D eigenvalue weighted by Gasteiger charge is 2.09. The lowest BCUT2D eigenvalue weighted by atomic mass is 10.1. The second-order valence-corrected chi connectivity index (χ2v) is 5.27. The minimum absolute atomic E-state index is 0.168. The average molecular weight is 224 g/mol. The van der Waals surface area contributed by atoms with Crippen LogP contribution in [0.25, 0.3) is 0 Å². The first-order chi connectivity index (χ1) is 7.04. The quantitative estimate of drug-likeness (QED) is 0.273. The molecule has 0 fully saturated rings. The Labute approximate surface area is 94.4 Å². The molecule has 15 heavy (non-hydrogen) atoms. The Hall–Kier alpha value is -1.16. The number of benzene rings is 1. The molecule has 3 N–H and O–H groups in total. The molecule has 0 aliphatic rings. The van der Waals surface area contributed by atoms with E-state index >= 15 is 0 Å². The molecule has 0 saturated heterocycles. The van der Waals surface area contributed by atoms with Crippen LogP contribution < -0.4 is 5.73 Å². The summed E-state index contributed by atoms with van der Waals surface area (Å²) in [5.41, 5.74) is 7.53. The van der Waals surface area contributed by atoms with Crippen LogP contribution >= 0.6 is 11.8 Å². The number of nitrogens with zero attached hydrogens (tertiary/aromatic N) is 1. The first kappa shape index (κ1) is 11.9. The number of aryl methyl sites for hydroxylation is 1. The van der Waals surface area contributed by atoms with Crippen molar-refractivity contribution in [3.8, 4) is 0 Å². The van der Waals surface area contributed by atoms with Crippen molar-refractivity contribution < 1.29 is 5.21 Å². The van der Waals surface area contributed by atoms with Gasteiger partial charge in [-0.2, -0.15) is 0 Å². The lowest BCUT2D eigenvalue weighted by Crippen LogP contribution is -2.14. The predicted molar refractivity (Wildman–Crippen MR) is 64.7 cm³/mol. The summed E-state index contributed by atoms with van der Waals surface area (Å²) in [4.78, 5) is 1.05. The van der Waals surface area contributed by atoms with Crippen molar-refractivity contribution in [1.82, 2.24) is 0 Å². The van der Waals surface area contributed by atoms with Crippen LogP contribution in [-0.4, -0.2) is 16.3 Å². The SMILES string of the molecule is Cc1ccc(SC(C)C)c(/C(N)=N/O)c1. The van der Waals surface area contributed by atoms with Gasteiger partial charge in [0.15, 0.2) is 5.84 Å². The molecule has 0 amide bonds. The molecule has 1 aromatic carbocycles. The summed E-state index contributed by atoms with van der Waals surface area (Å²) in [6.45, 7) is 6.21. The van der Waals surface area contributed by atoms with Gasteiger partial charge in [0.05, 0.1) is 0 Å². The second-order valence-electron chi connectivity index (χ2n) is 3.65. The third kappa shape index (κ3) is 3.16. The zero-order chi connectivity index (χ0) is 11.4. The minimum Gasteiger partial charge on any atom is -0.409 e. The van der Waals surface area contributed by atoms with E-state index in [0.29, 0.717) is 5.25 Å². The van der Waals surface area contributed by atoms with E-state index < -0.39 is 0 Å². The number of rotatable bonds is 3. The Morgan fingerprint density at radius 1 is 1.47 bits per heavy atom. The average Bonchev–Trinajstić information content (AvgIpc) is 2.19. The normalized spacial score (nSPS) is 12.1. The first-order valence-electron chi connectivity index (χ1n) is 4.79. The molecule has 0 spiro atoms. The van der Waals surface area contributed by atoms with Crippen molar-refractivity contribution in [2.45, 2.75) is 30.9 Å². The van der Waals surface area contributed by atoms with Gasteiger partial charge in [-0.1, -0.05) is 30.6 Å². The van der Waals surface area contributed by atoms with Crippen LogP contribution in [0.3, 0.4) is 0 Å². The lowest BCUT2D eigenvalue weighted by Gasteiger charge is -2.10. The molecule has 1 rings (SSSR count). The first-order valence-corrected chi connectivity index (χ1v) is 5.67. The highest BCUT2D eigenvalue weighted by molar-refractivity contribution is 8.00. The number of nitrogens with two attached hydrogens (primary N) is 1. The zero-order valence-electron chi connectivity index (χ0n) is 9.19. The molecule has 0 unspecified atom stereocenters. The standard InChI is InChI=1S/C11H16N2OS/c1-7(2)15-10-5-4-8(3)6-9(10)11(12)13-14/h4-7,14H,1-3H3,(H2,12,13). The summed E-state index contributed by atoms with van der Waals surface area (Å²) in [6, 6.07) is 5.96. The predicted octanol–water partition coefficient (Wildman–Crippen LogP) is 2.59. The molecule has 0 aromatic heterocycles. The third-order valence-electron chi connectivity index (χ3n) is 1.88. The maximum Gasteiger partial charge on any atom is 0.171 e. The van der Waals surface area contributed by atoms with Gasteiger partial charge in [-0.05, 0) is 19.1 Å². The van der Waals surface area contributed by atoms with E-state index in [-0.39, 0.29) is 5.84 Å². The zero-order valence-corrected chi connectivity index (χ0v) is 10.0. The van der Waals surface area contributed by atoms with Crippen LogP contribution in [0.15, 0.2) is 28.3 Å². The smallest absolute Gasteiger partial charge is 0.171 e. The van der Waals surface area contributed by atoms with E-state index in [4.69, 9.17) is 10.9 Å². The van der Waals surface area contributed by atoms with Crippen LogP contribution in [0.5, 0.6) is 0 Å². The van der Waals surface area contributed by atoms with E-state index in [1.807, 2.05) is 25.1 Å². The maximum absolute atomic E-state index is 8.69. The van der Waals surface area contributed by atoms with Crippen molar-refractivity contribution in [2.24, 2.45) is 10.9 Å². The molecule has 3 nitrogen and oxygen atoms in total. The van der Waals surface area contributed by atoms with Crippen LogP contribution in [0.2, 0.25) is 0 Å². The lowest BCUT2D eigenvalue weighted by molar-refractivity contribution is 0.318. The van der Waals surface area contributed by atoms with E-state index in [1.54, 1.807) is 11.8 Å². The number of hydrogen-bond acceptors (Lipinski definition) is 3. The highest BCUT2D eigenvalue weighted by atomic mass is 32.2. The molecule has 0 saturated carbocycles. The van der Waals surface area contributed by atoms with Gasteiger partial charge >= 0.3 is 0 Å². The molecule has 0 aliphatic heterocycles. The van der Waals surface area contributed by atoms with Gasteiger partial charge in [-0.15, -0.1) is 11.8 Å². The third-order valence-corrected chi connectivity index (χ3v) is 2.96. The molecule has 0 radical (unpaired) electrons. The van der Waals surface area contributed by atoms with Crippen molar-refractivity contribution in [2.75, 3.05) is 0 Å². The second kappa shape index (κ2) is 5.07. The van der Waals surface area contributed by atoms with E-state index in [1.165, 1.54) is 0 Å². The summed E-state index contributed by atoms with van der Waals surface area (Å²) in [5.74, 6) is 0.168. The molecular formula is C11H16N2OS. The fourth-order valence-corrected chi connectivity index (χ4v) is 2.20. The molecule has 82 valence electrons. The monoisotopic (exact) mass is 224 g/mol. The fraction of sp³-hybridized carbons (Fsp3) is 0.364. The van der Waals surface area contributed by atoms with Crippen molar-refractivity contribution in [3.05, 3.63) is 29.3 Å². The fourth-order valence-electron chi connectivity index (χ4n) is 1.25. The Balaban J connectivity index is 3.14. The summed E-state index contributed by atoms with van der Waals surface area (Å²) >= 11 is 1.71. The Bertz CT molecular complexity index is 375. The number of thioether (sulfide) groups is 1. The van der Waals surface area contributed by atoms with E-state index in [9.17, 15) is 0 Å². The van der Waals surface area contributed by atoms with Crippen LogP contribution in [0, 0.1) is 6.92 Å². The van der Waals surface area contributed by atoms with Gasteiger partial charge in [-0.3, -0.25) is 0 Å². The van der Waals surface area contributed by atoms with Gasteiger partial charge in [0.2, 0.25) is 0 Å². The Morgan fingerprint density at radius 3 is 2.67 bits per heavy atom. The van der Waals surface area contributed by atoms with E-state index in [2.05, 4.69) is 19.0 Å². The van der Waals surface area contributed by atoms with Gasteiger partial charge in [0, 0.05) is 15.7 Å². The van der Waals surface area contributed by atoms with Crippen LogP contribution in [0.4, 0.5) is 0 Å². The molecular weight excluding hydrogens is 208 g/mol. The molecule has 0 atom stereocenters. The highest BCUT2D eigenvalue weighted by Crippen LogP contribution is 2.27. The van der Waals surface area contributed by atoms with Gasteiger partial charge in [-0.25, -0.2) is 0 Å². The molecule has 0 aliphatic carbocycles. The van der Waals surface area contributed by atoms with Crippen LogP contribution in [0.1, 0.15) is 25.0 Å². The Kier molecular flexibility index (Phi) is 4.03. The summed E-state index contributed by atoms with van der Waals surface area (Å²) < 4.78 is 0. The van der Waals surface area contributed by atoms with E-state index in [0.717, 1.165) is 16.0 Å². The molecule has 0 bridgehead atoms. The largest absolute Gasteiger partial charge is 0.409 e. The maximum atomic E-state index is 8.69. The van der Waals surface area contributed by atoms with Gasteiger partial charge in [0.1, 0.15) is 0 Å². The van der Waals surface area contributed by atoms with Crippen molar-refractivity contribution in [3.63, 3.8) is 0 Å². The van der Waals surface area contributed by atoms with Gasteiger partial charge in [0.25, 0.3) is 0 Å². The van der Waals surface area contributed by atoms with Crippen LogP contribution in [-0.2, 0) is 0 Å². The molecule has 1 aromatic rings. The number of hydrogen-bond donors (Lipinski definition) is 2. The topological polar surface area (TPSA) is 58.6 Å². The minimum atomic E-state index is 0.168. The Morgan fingerprint density at radius 2 is 2.13 bits per heavy atom. The summed E-state index contributed by atoms with van der Waals surface area (Å²) in [6.07, 6.45) is 0.